The van der Waals surface area contributed by atoms with Crippen molar-refractivity contribution in [2.24, 2.45) is 5.73 Å². The standard InChI is InChI=1S/C25H31ClN2O5.C21H23ClN2O5.C16H10ClF5O3.C14H19NO4.C8F8O2/c1-15(2)32-21-12-11-18(14-19(21)26)22(29)28-20(23(30)27-6)13-16-7-9-17(10-8-16)24(31)33-25(3,4)5;1-12(2)29-18-9-8-15(11-16(18)22)19(25)24-17(20(26)23-3)10-13-4-6-14(7-5-13)21(27)28;1-6(2)24-9-4-3-7(5-8(9)17)16(23)25-15-13(21)11(19)10(18)12(20)14(15)22;1-14(2,3)19-13(18)10-6-4-9(5-7-10)8-11(15)12(16)17;9-1-2(10)4(12)6(5(13)3(1)11)18-7(17)8(14,15)16/h7-12,14-15,20H,13H2,1-6H3,(H,27,30)(H,28,29);4-9,11-12,17H,10H2,1-3H3,(H,23,26)(H,24,25)(H,27,28);3-6H,1-2H3;4-7,11H,8,15H2,1-3H3,(H,16,17);. The van der Waals surface area contributed by atoms with Gasteiger partial charge in [0.1, 0.15) is 46.6 Å². The topological polar surface area (TPSA) is 350 Å². The van der Waals surface area contributed by atoms with Crippen LogP contribution in [0.4, 0.5) is 57.1 Å². The van der Waals surface area contributed by atoms with Crippen molar-refractivity contribution in [3.05, 3.63) is 251 Å². The zero-order valence-electron chi connectivity index (χ0n) is 68.2. The van der Waals surface area contributed by atoms with Crippen molar-refractivity contribution in [1.29, 1.82) is 0 Å². The highest BCUT2D eigenvalue weighted by Crippen LogP contribution is 2.35. The highest BCUT2D eigenvalue weighted by atomic mass is 35.5. The number of benzene rings is 8. The van der Waals surface area contributed by atoms with Crippen LogP contribution in [0.5, 0.6) is 28.7 Å². The fourth-order valence-electron chi connectivity index (χ4n) is 9.69. The number of aliphatic carboxylic acids is 1. The minimum Gasteiger partial charge on any atom is -0.489 e. The molecule has 40 heteroatoms. The number of alkyl halides is 3. The van der Waals surface area contributed by atoms with Crippen LogP contribution in [0.25, 0.3) is 0 Å². The zero-order chi connectivity index (χ0) is 94.1. The normalized spacial score (nSPS) is 11.8. The fourth-order valence-corrected chi connectivity index (χ4v) is 10.4. The molecule has 0 bridgehead atoms. The Balaban J connectivity index is 0.000000331. The van der Waals surface area contributed by atoms with Gasteiger partial charge in [0.25, 0.3) is 11.8 Å². The molecule has 3 unspecified atom stereocenters. The lowest BCUT2D eigenvalue weighted by molar-refractivity contribution is -0.190. The number of nitrogens with one attached hydrogen (secondary N) is 4. The van der Waals surface area contributed by atoms with Gasteiger partial charge in [-0.05, 0) is 197 Å². The summed E-state index contributed by atoms with van der Waals surface area (Å²) < 4.78 is 199. The Hall–Kier alpha value is -12.2. The minimum absolute atomic E-state index is 0.000520. The van der Waals surface area contributed by atoms with Crippen LogP contribution in [0, 0.1) is 58.2 Å². The Morgan fingerprint density at radius 1 is 0.387 bits per heavy atom. The molecular formula is C84H83Cl3F13N5O19. The third kappa shape index (κ3) is 32.2. The number of carbonyl (C=O) groups excluding carboxylic acids is 8. The Morgan fingerprint density at radius 2 is 0.661 bits per heavy atom. The maximum Gasteiger partial charge on any atom is 0.491 e. The zero-order valence-corrected chi connectivity index (χ0v) is 70.4. The lowest BCUT2D eigenvalue weighted by Crippen LogP contribution is -2.47. The Kier molecular flexibility index (Phi) is 38.9. The number of likely N-dealkylation sites (N-methyl/N-ethyl adjacent to an activating group) is 2. The molecule has 8 rings (SSSR count). The van der Waals surface area contributed by atoms with Crippen LogP contribution in [0.2, 0.25) is 15.1 Å². The molecule has 0 aromatic heterocycles. The summed E-state index contributed by atoms with van der Waals surface area (Å²) in [6, 6.07) is 29.8. The molecule has 0 aliphatic heterocycles. The molecule has 3 atom stereocenters. The maximum atomic E-state index is 13.5. The Morgan fingerprint density at radius 3 is 0.935 bits per heavy atom. The van der Waals surface area contributed by atoms with E-state index in [9.17, 15) is 105 Å². The first kappa shape index (κ1) is 104. The first-order valence-electron chi connectivity index (χ1n) is 36.4. The molecule has 670 valence electrons. The highest BCUT2D eigenvalue weighted by molar-refractivity contribution is 6.33. The van der Waals surface area contributed by atoms with Crippen molar-refractivity contribution in [2.45, 2.75) is 156 Å². The number of halogens is 16. The van der Waals surface area contributed by atoms with Gasteiger partial charge in [0.05, 0.1) is 55.6 Å². The van der Waals surface area contributed by atoms with Gasteiger partial charge in [0.2, 0.25) is 81.5 Å². The molecule has 0 aliphatic carbocycles. The Bertz CT molecular complexity index is 5110. The quantitative estimate of drug-likeness (QED) is 0.00918. The van der Waals surface area contributed by atoms with Crippen molar-refractivity contribution in [2.75, 3.05) is 14.1 Å². The predicted molar refractivity (Wildman–Crippen MR) is 425 cm³/mol. The van der Waals surface area contributed by atoms with E-state index in [1.165, 1.54) is 44.4 Å². The molecule has 8 aromatic carbocycles. The van der Waals surface area contributed by atoms with Gasteiger partial charge in [-0.1, -0.05) is 71.2 Å². The van der Waals surface area contributed by atoms with Crippen molar-refractivity contribution in [3.8, 4) is 28.7 Å². The molecule has 0 fully saturated rings. The summed E-state index contributed by atoms with van der Waals surface area (Å²) in [5.74, 6) is -36.1. The number of aromatic carboxylic acids is 1. The van der Waals surface area contributed by atoms with Crippen molar-refractivity contribution < 1.29 is 148 Å². The first-order valence-corrected chi connectivity index (χ1v) is 37.6. The second-order valence-corrected chi connectivity index (χ2v) is 30.0. The van der Waals surface area contributed by atoms with Crippen LogP contribution in [0.15, 0.2) is 127 Å². The van der Waals surface area contributed by atoms with Gasteiger partial charge in [0, 0.05) is 38.1 Å². The van der Waals surface area contributed by atoms with E-state index in [4.69, 9.17) is 74.4 Å². The smallest absolute Gasteiger partial charge is 0.489 e. The van der Waals surface area contributed by atoms with Crippen LogP contribution < -0.4 is 50.7 Å². The molecule has 24 nitrogen and oxygen atoms in total. The lowest BCUT2D eigenvalue weighted by atomic mass is 10.0. The summed E-state index contributed by atoms with van der Waals surface area (Å²) in [5.41, 5.74) is 7.88. The van der Waals surface area contributed by atoms with Gasteiger partial charge in [-0.15, -0.1) is 0 Å². The maximum absolute atomic E-state index is 13.5. The molecule has 0 heterocycles. The summed E-state index contributed by atoms with van der Waals surface area (Å²) in [7, 11) is 2.98. The van der Waals surface area contributed by atoms with Gasteiger partial charge in [-0.3, -0.25) is 24.0 Å². The van der Waals surface area contributed by atoms with Crippen molar-refractivity contribution >= 4 is 94.2 Å². The second-order valence-electron chi connectivity index (χ2n) is 28.7. The SMILES string of the molecule is CC(C)(C)OC(=O)c1ccc(CC(N)C(=O)O)cc1.CC(C)Oc1ccc(C(=O)Oc2c(F)c(F)c(F)c(F)c2F)cc1Cl.CNC(=O)C(Cc1ccc(C(=O)O)cc1)NC(=O)c1ccc(OC(C)C)c(Cl)c1.CNC(=O)C(Cc1ccc(C(=O)OC(C)(C)C)cc1)NC(=O)c1ccc(OC(C)C)c(Cl)c1.O=C(Oc1c(F)c(F)c(F)c(F)c1F)C(F)(F)F. The number of rotatable bonds is 25. The van der Waals surface area contributed by atoms with Gasteiger partial charge in [0.15, 0.2) is 0 Å². The summed E-state index contributed by atoms with van der Waals surface area (Å²) in [4.78, 5) is 118. The Labute approximate surface area is 716 Å². The molecule has 8 aromatic rings. The van der Waals surface area contributed by atoms with Crippen molar-refractivity contribution in [3.63, 3.8) is 0 Å². The molecule has 124 heavy (non-hydrogen) atoms. The van der Waals surface area contributed by atoms with E-state index in [0.29, 0.717) is 49.4 Å². The van der Waals surface area contributed by atoms with Gasteiger partial charge in [-0.2, -0.15) is 30.7 Å². The molecule has 0 saturated heterocycles. The molecule has 0 aliphatic rings. The van der Waals surface area contributed by atoms with Crippen molar-refractivity contribution in [1.82, 2.24) is 21.3 Å². The number of carboxylic acids is 2. The number of carbonyl (C=O) groups is 10. The number of carboxylic acid groups (broad SMARTS) is 2. The monoisotopic (exact) mass is 1820 g/mol. The number of amides is 4. The fraction of sp³-hybridized carbons (Fsp3) is 0.310. The van der Waals surface area contributed by atoms with E-state index in [1.807, 2.05) is 27.7 Å². The van der Waals surface area contributed by atoms with E-state index in [-0.39, 0.29) is 71.3 Å². The van der Waals surface area contributed by atoms with Crippen LogP contribution >= 0.6 is 34.8 Å². The minimum atomic E-state index is -5.65. The molecule has 0 saturated carbocycles. The largest absolute Gasteiger partial charge is 0.491 e. The van der Waals surface area contributed by atoms with E-state index >= 15 is 0 Å². The van der Waals surface area contributed by atoms with E-state index in [2.05, 4.69) is 30.7 Å². The number of ether oxygens (including phenoxy) is 7. The molecule has 8 N–H and O–H groups in total. The van der Waals surface area contributed by atoms with Crippen LogP contribution in [0.3, 0.4) is 0 Å². The average Bonchev–Trinajstić information content (AvgIpc) is 0.793. The number of hydrogen-bond acceptors (Lipinski definition) is 18. The van der Waals surface area contributed by atoms with E-state index < -0.39 is 153 Å². The molecule has 0 radical (unpaired) electrons. The van der Waals surface area contributed by atoms with Crippen LogP contribution in [0.1, 0.15) is 162 Å². The summed E-state index contributed by atoms with van der Waals surface area (Å²) >= 11 is 18.3. The average molecular weight is 1820 g/mol. The summed E-state index contributed by atoms with van der Waals surface area (Å²) in [6.45, 7) is 21.8. The predicted octanol–water partition coefficient (Wildman–Crippen LogP) is 16.6. The van der Waals surface area contributed by atoms with E-state index in [1.54, 1.807) is 140 Å². The molecule has 0 spiro atoms. The van der Waals surface area contributed by atoms with Gasteiger partial charge in [-0.25, -0.2) is 50.3 Å². The van der Waals surface area contributed by atoms with Gasteiger partial charge >= 0.3 is 42.0 Å². The first-order chi connectivity index (χ1) is 57.5. The number of hydrogen-bond donors (Lipinski definition) is 7. The molecular weight excluding hydrogens is 1740 g/mol. The molecule has 4 amide bonds. The van der Waals surface area contributed by atoms with Crippen LogP contribution in [-0.2, 0) is 47.9 Å². The van der Waals surface area contributed by atoms with E-state index in [0.717, 1.165) is 23.3 Å². The highest BCUT2D eigenvalue weighted by Gasteiger charge is 2.43. The van der Waals surface area contributed by atoms with Gasteiger partial charge < -0.3 is 70.4 Å². The number of nitrogens with two attached hydrogens (primary N) is 1. The summed E-state index contributed by atoms with van der Waals surface area (Å²) in [5, 5.41) is 28.8. The van der Waals surface area contributed by atoms with Crippen LogP contribution in [-0.4, -0.2) is 138 Å². The second kappa shape index (κ2) is 46.3. The third-order valence-corrected chi connectivity index (χ3v) is 16.3. The summed E-state index contributed by atoms with van der Waals surface area (Å²) in [6.07, 6.45) is -5.30. The lowest BCUT2D eigenvalue weighted by Gasteiger charge is -2.20. The third-order valence-electron chi connectivity index (χ3n) is 15.4. The number of esters is 4.